The Balaban J connectivity index is 0.918. The number of para-hydroxylation sites is 1. The van der Waals surface area contributed by atoms with Gasteiger partial charge in [-0.05, 0) is 108 Å². The maximum Gasteiger partial charge on any atom is 0.238 e. The Morgan fingerprint density at radius 1 is 0.303 bits per heavy atom. The minimum absolute atomic E-state index is 0.398. The van der Waals surface area contributed by atoms with Gasteiger partial charge in [0.1, 0.15) is 0 Å². The Morgan fingerprint density at radius 2 is 0.818 bits per heavy atom. The normalized spacial score (nSPS) is 13.0. The largest absolute Gasteiger partial charge is 0.278 e. The summed E-state index contributed by atoms with van der Waals surface area (Å²) in [6.45, 7) is 0. The van der Waals surface area contributed by atoms with Crippen molar-refractivity contribution in [1.29, 1.82) is 0 Å². The Morgan fingerprint density at radius 3 is 1.53 bits per heavy atom. The lowest BCUT2D eigenvalue weighted by molar-refractivity contribution is 0.794. The van der Waals surface area contributed by atoms with Gasteiger partial charge < -0.3 is 0 Å². The molecule has 0 atom stereocenters. The van der Waals surface area contributed by atoms with Gasteiger partial charge in [-0.1, -0.05) is 200 Å². The topological polar surface area (TPSA) is 43.6 Å². The van der Waals surface area contributed by atoms with E-state index in [9.17, 15) is 0 Å². The molecule has 14 rings (SSSR count). The highest BCUT2D eigenvalue weighted by atomic mass is 15.2. The van der Waals surface area contributed by atoms with Crippen LogP contribution in [0.5, 0.6) is 0 Å². The molecule has 4 nitrogen and oxygen atoms in total. The lowest BCUT2D eigenvalue weighted by Crippen LogP contribution is -2.25. The van der Waals surface area contributed by atoms with Crippen molar-refractivity contribution in [3.8, 4) is 73.2 Å². The molecule has 1 spiro atoms. The maximum atomic E-state index is 5.14. The highest BCUT2D eigenvalue weighted by molar-refractivity contribution is 6.11. The Labute approximate surface area is 381 Å². The van der Waals surface area contributed by atoms with Crippen LogP contribution >= 0.6 is 0 Å². The Bertz CT molecular complexity index is 3840. The molecule has 0 saturated heterocycles. The standard InChI is InChI=1S/C62H38N4/c1-3-17-40(18-4-1)59-63-60(41-19-5-2-6-20-41)65-61(64-59)66-56-29-14-11-26-49(56)50-37-45(32-35-57(50)66)43-22-15-21-42(36-43)44-31-33-54-51(38-44)58-46-23-8-7-16-39(46)30-34-55(58)62(54)52-27-12-9-24-47(52)48-25-10-13-28-53(48)62/h1-38H. The molecule has 66 heavy (non-hydrogen) atoms. The molecule has 2 heterocycles. The van der Waals surface area contributed by atoms with Crippen molar-refractivity contribution in [2.45, 2.75) is 5.41 Å². The molecule has 0 radical (unpaired) electrons. The van der Waals surface area contributed by atoms with Crippen LogP contribution in [0.2, 0.25) is 0 Å². The van der Waals surface area contributed by atoms with Crippen LogP contribution in [0, 0.1) is 0 Å². The third-order valence-electron chi connectivity index (χ3n) is 14.1. The molecular weight excluding hydrogens is 801 g/mol. The van der Waals surface area contributed by atoms with Crippen molar-refractivity contribution in [1.82, 2.24) is 19.5 Å². The molecule has 306 valence electrons. The number of hydrogen-bond donors (Lipinski definition) is 0. The van der Waals surface area contributed by atoms with E-state index in [4.69, 9.17) is 15.0 Å². The van der Waals surface area contributed by atoms with E-state index >= 15 is 0 Å². The van der Waals surface area contributed by atoms with Gasteiger partial charge in [0, 0.05) is 21.9 Å². The second-order valence-electron chi connectivity index (χ2n) is 17.5. The van der Waals surface area contributed by atoms with E-state index < -0.39 is 5.41 Å². The van der Waals surface area contributed by atoms with Crippen molar-refractivity contribution in [2.24, 2.45) is 0 Å². The molecule has 0 bridgehead atoms. The van der Waals surface area contributed by atoms with Crippen molar-refractivity contribution in [3.63, 3.8) is 0 Å². The minimum Gasteiger partial charge on any atom is -0.278 e. The first kappa shape index (κ1) is 36.7. The van der Waals surface area contributed by atoms with E-state index in [0.717, 1.165) is 44.1 Å². The van der Waals surface area contributed by atoms with Gasteiger partial charge in [-0.25, -0.2) is 4.98 Å². The van der Waals surface area contributed by atoms with Gasteiger partial charge in [-0.2, -0.15) is 9.97 Å². The van der Waals surface area contributed by atoms with E-state index in [1.165, 1.54) is 66.4 Å². The van der Waals surface area contributed by atoms with Crippen molar-refractivity contribution >= 4 is 32.6 Å². The molecule has 2 aliphatic rings. The van der Waals surface area contributed by atoms with Gasteiger partial charge in [0.15, 0.2) is 11.6 Å². The van der Waals surface area contributed by atoms with Gasteiger partial charge in [-0.15, -0.1) is 0 Å². The summed E-state index contributed by atoms with van der Waals surface area (Å²) in [6.07, 6.45) is 0. The molecule has 10 aromatic carbocycles. The average Bonchev–Trinajstić information content (AvgIpc) is 4.00. The van der Waals surface area contributed by atoms with Gasteiger partial charge in [0.25, 0.3) is 0 Å². The summed E-state index contributed by atoms with van der Waals surface area (Å²) in [5.74, 6) is 1.85. The Kier molecular flexibility index (Phi) is 7.87. The molecule has 0 aliphatic heterocycles. The summed E-state index contributed by atoms with van der Waals surface area (Å²) in [7, 11) is 0. The van der Waals surface area contributed by atoms with Gasteiger partial charge in [0.2, 0.25) is 5.95 Å². The van der Waals surface area contributed by atoms with Crippen molar-refractivity contribution < 1.29 is 0 Å². The predicted octanol–water partition coefficient (Wildman–Crippen LogP) is 15.1. The Hall–Kier alpha value is -8.73. The molecule has 0 amide bonds. The van der Waals surface area contributed by atoms with Crippen LogP contribution in [0.25, 0.3) is 106 Å². The summed E-state index contributed by atoms with van der Waals surface area (Å²) >= 11 is 0. The van der Waals surface area contributed by atoms with Crippen LogP contribution in [0.3, 0.4) is 0 Å². The molecule has 12 aromatic rings. The third kappa shape index (κ3) is 5.24. The smallest absolute Gasteiger partial charge is 0.238 e. The third-order valence-corrected chi connectivity index (χ3v) is 14.1. The first-order valence-electron chi connectivity index (χ1n) is 22.6. The fraction of sp³-hybridized carbons (Fsp3) is 0.0161. The van der Waals surface area contributed by atoms with E-state index in [0.29, 0.717) is 17.6 Å². The lowest BCUT2D eigenvalue weighted by atomic mass is 9.70. The maximum absolute atomic E-state index is 5.14. The zero-order chi connectivity index (χ0) is 43.3. The highest BCUT2D eigenvalue weighted by Gasteiger charge is 2.52. The van der Waals surface area contributed by atoms with E-state index in [1.54, 1.807) is 0 Å². The zero-order valence-corrected chi connectivity index (χ0v) is 35.7. The number of nitrogens with zero attached hydrogens (tertiary/aromatic N) is 4. The van der Waals surface area contributed by atoms with E-state index in [-0.39, 0.29) is 0 Å². The average molecular weight is 839 g/mol. The second-order valence-corrected chi connectivity index (χ2v) is 17.5. The van der Waals surface area contributed by atoms with Gasteiger partial charge >= 0.3 is 0 Å². The summed E-state index contributed by atoms with van der Waals surface area (Å²) in [5.41, 5.74) is 18.9. The first-order chi connectivity index (χ1) is 32.7. The predicted molar refractivity (Wildman–Crippen MR) is 270 cm³/mol. The SMILES string of the molecule is c1ccc(-c2nc(-c3ccccc3)nc(-n3c4ccccc4c4cc(-c5cccc(-c6ccc7c(c6)-c6c(ccc8ccccc68)C76c7ccccc7-c7ccccc76)c5)ccc43)n2)cc1. The lowest BCUT2D eigenvalue weighted by Gasteiger charge is -2.30. The van der Waals surface area contributed by atoms with Crippen LogP contribution in [-0.4, -0.2) is 19.5 Å². The summed E-state index contributed by atoms with van der Waals surface area (Å²) in [4.78, 5) is 15.3. The monoisotopic (exact) mass is 838 g/mol. The number of aromatic nitrogens is 4. The summed E-state index contributed by atoms with van der Waals surface area (Å²) in [5, 5.41) is 4.83. The first-order valence-corrected chi connectivity index (χ1v) is 22.6. The highest BCUT2D eigenvalue weighted by Crippen LogP contribution is 2.64. The molecule has 0 N–H and O–H groups in total. The number of rotatable bonds is 5. The second kappa shape index (κ2) is 14.1. The van der Waals surface area contributed by atoms with Gasteiger partial charge in [-0.3, -0.25) is 4.57 Å². The molecule has 2 aromatic heterocycles. The fourth-order valence-electron chi connectivity index (χ4n) is 11.2. The molecule has 2 aliphatic carbocycles. The van der Waals surface area contributed by atoms with E-state index in [1.807, 2.05) is 60.7 Å². The molecule has 0 unspecified atom stereocenters. The number of hydrogen-bond acceptors (Lipinski definition) is 3. The van der Waals surface area contributed by atoms with Crippen LogP contribution in [-0.2, 0) is 5.41 Å². The van der Waals surface area contributed by atoms with Gasteiger partial charge in [0.05, 0.1) is 16.4 Å². The molecular formula is C62H38N4. The fourth-order valence-corrected chi connectivity index (χ4v) is 11.2. The molecule has 0 saturated carbocycles. The van der Waals surface area contributed by atoms with Crippen molar-refractivity contribution in [3.05, 3.63) is 253 Å². The number of benzene rings is 10. The van der Waals surface area contributed by atoms with Crippen LogP contribution in [0.4, 0.5) is 0 Å². The zero-order valence-electron chi connectivity index (χ0n) is 35.7. The summed E-state index contributed by atoms with van der Waals surface area (Å²) < 4.78 is 2.19. The molecule has 0 fully saturated rings. The van der Waals surface area contributed by atoms with Crippen LogP contribution < -0.4 is 0 Å². The quantitative estimate of drug-likeness (QED) is 0.173. The minimum atomic E-state index is -0.398. The van der Waals surface area contributed by atoms with E-state index in [2.05, 4.69) is 174 Å². The molecule has 4 heteroatoms. The number of fused-ring (bicyclic) bond motifs is 15. The van der Waals surface area contributed by atoms with Crippen LogP contribution in [0.1, 0.15) is 22.3 Å². The van der Waals surface area contributed by atoms with Crippen molar-refractivity contribution in [2.75, 3.05) is 0 Å². The summed E-state index contributed by atoms with van der Waals surface area (Å²) in [6, 6.07) is 83.5. The van der Waals surface area contributed by atoms with Crippen LogP contribution in [0.15, 0.2) is 231 Å².